The summed E-state index contributed by atoms with van der Waals surface area (Å²) in [6, 6.07) is 8.96. The van der Waals surface area contributed by atoms with Gasteiger partial charge in [0.15, 0.2) is 0 Å². The molecule has 1 aromatic rings. The van der Waals surface area contributed by atoms with Gasteiger partial charge in [-0.1, -0.05) is 31.2 Å². The van der Waals surface area contributed by atoms with Crippen LogP contribution < -0.4 is 0 Å². The van der Waals surface area contributed by atoms with Gasteiger partial charge in [-0.05, 0) is 17.5 Å². The van der Waals surface area contributed by atoms with Crippen molar-refractivity contribution in [2.45, 2.75) is 19.9 Å². The molecule has 0 saturated carbocycles. The summed E-state index contributed by atoms with van der Waals surface area (Å²) in [7, 11) is 0. The summed E-state index contributed by atoms with van der Waals surface area (Å²) in [5.41, 5.74) is 2.92. The van der Waals surface area contributed by atoms with Crippen molar-refractivity contribution in [2.24, 2.45) is 0 Å². The Balaban J connectivity index is 2.00. The number of aryl methyl sites for hydroxylation is 1. The molecule has 1 heterocycles. The Morgan fingerprint density at radius 1 is 1.36 bits per heavy atom. The van der Waals surface area contributed by atoms with E-state index in [0.29, 0.717) is 0 Å². The smallest absolute Gasteiger partial charge is 0.0448 e. The van der Waals surface area contributed by atoms with Crippen LogP contribution in [0.15, 0.2) is 24.3 Å². The van der Waals surface area contributed by atoms with Crippen LogP contribution in [0.2, 0.25) is 0 Å². The van der Waals surface area contributed by atoms with Crippen LogP contribution in [0.1, 0.15) is 18.1 Å². The summed E-state index contributed by atoms with van der Waals surface area (Å²) in [4.78, 5) is 2.51. The molecular weight excluding hydrogens is 190 g/mol. The zero-order valence-corrected chi connectivity index (χ0v) is 9.52. The lowest BCUT2D eigenvalue weighted by Gasteiger charge is -2.14. The Kier molecular flexibility index (Phi) is 3.49. The maximum atomic E-state index is 2.51. The van der Waals surface area contributed by atoms with E-state index >= 15 is 0 Å². The van der Waals surface area contributed by atoms with Crippen molar-refractivity contribution in [1.29, 1.82) is 0 Å². The fourth-order valence-electron chi connectivity index (χ4n) is 1.78. The summed E-state index contributed by atoms with van der Waals surface area (Å²) in [5, 5.41) is 0. The molecule has 1 aliphatic heterocycles. The van der Waals surface area contributed by atoms with E-state index in [9.17, 15) is 0 Å². The average Bonchev–Trinajstić information content (AvgIpc) is 2.71. The summed E-state index contributed by atoms with van der Waals surface area (Å²) in [5.74, 6) is 2.50. The maximum Gasteiger partial charge on any atom is 0.0448 e. The summed E-state index contributed by atoms with van der Waals surface area (Å²) < 4.78 is 0. The minimum Gasteiger partial charge on any atom is -0.289 e. The van der Waals surface area contributed by atoms with Gasteiger partial charge in [0.1, 0.15) is 0 Å². The highest BCUT2D eigenvalue weighted by Gasteiger charge is 2.11. The van der Waals surface area contributed by atoms with Crippen molar-refractivity contribution >= 4 is 11.8 Å². The number of nitrogens with zero attached hydrogens (tertiary/aromatic N) is 1. The van der Waals surface area contributed by atoms with Crippen molar-refractivity contribution in [3.05, 3.63) is 35.4 Å². The predicted molar refractivity (Wildman–Crippen MR) is 63.6 cm³/mol. The minimum atomic E-state index is 1.13. The largest absolute Gasteiger partial charge is 0.289 e. The fraction of sp³-hybridized carbons (Fsp3) is 0.500. The topological polar surface area (TPSA) is 3.24 Å². The molecule has 0 bridgehead atoms. The summed E-state index contributed by atoms with van der Waals surface area (Å²) >= 11 is 2.04. The molecule has 2 heteroatoms. The van der Waals surface area contributed by atoms with Gasteiger partial charge in [-0.2, -0.15) is 0 Å². The number of thioether (sulfide) groups is 1. The van der Waals surface area contributed by atoms with E-state index in [2.05, 4.69) is 36.1 Å². The van der Waals surface area contributed by atoms with Crippen LogP contribution in [0.4, 0.5) is 0 Å². The molecule has 0 spiro atoms. The zero-order valence-electron chi connectivity index (χ0n) is 8.70. The molecule has 1 fully saturated rings. The first kappa shape index (κ1) is 10.1. The van der Waals surface area contributed by atoms with E-state index in [1.807, 2.05) is 11.8 Å². The molecule has 0 aromatic heterocycles. The van der Waals surface area contributed by atoms with Crippen LogP contribution in [-0.2, 0) is 13.0 Å². The molecule has 0 radical (unpaired) electrons. The molecule has 76 valence electrons. The molecule has 2 rings (SSSR count). The van der Waals surface area contributed by atoms with Crippen molar-refractivity contribution in [3.8, 4) is 0 Å². The highest BCUT2D eigenvalue weighted by molar-refractivity contribution is 7.99. The second kappa shape index (κ2) is 4.85. The fourth-order valence-corrected chi connectivity index (χ4v) is 2.78. The van der Waals surface area contributed by atoms with Crippen molar-refractivity contribution < 1.29 is 0 Å². The minimum absolute atomic E-state index is 1.13. The summed E-state index contributed by atoms with van der Waals surface area (Å²) in [6.07, 6.45) is 1.14. The molecule has 0 N–H and O–H groups in total. The van der Waals surface area contributed by atoms with Crippen molar-refractivity contribution in [2.75, 3.05) is 18.2 Å². The van der Waals surface area contributed by atoms with Crippen LogP contribution in [0, 0.1) is 0 Å². The number of hydrogen-bond acceptors (Lipinski definition) is 2. The third kappa shape index (κ3) is 2.52. The van der Waals surface area contributed by atoms with Gasteiger partial charge >= 0.3 is 0 Å². The highest BCUT2D eigenvalue weighted by Crippen LogP contribution is 2.17. The number of rotatable bonds is 3. The summed E-state index contributed by atoms with van der Waals surface area (Å²) in [6.45, 7) is 4.59. The van der Waals surface area contributed by atoms with Crippen molar-refractivity contribution in [1.82, 2.24) is 4.90 Å². The lowest BCUT2D eigenvalue weighted by Crippen LogP contribution is -2.18. The second-order valence-corrected chi connectivity index (χ2v) is 4.84. The van der Waals surface area contributed by atoms with Crippen LogP contribution >= 0.6 is 11.8 Å². The Labute approximate surface area is 90.5 Å². The maximum absolute atomic E-state index is 2.51. The first-order chi connectivity index (χ1) is 6.88. The van der Waals surface area contributed by atoms with E-state index in [4.69, 9.17) is 0 Å². The quantitative estimate of drug-likeness (QED) is 0.750. The third-order valence-corrected chi connectivity index (χ3v) is 3.65. The van der Waals surface area contributed by atoms with E-state index < -0.39 is 0 Å². The van der Waals surface area contributed by atoms with Gasteiger partial charge in [-0.3, -0.25) is 4.90 Å². The Morgan fingerprint density at radius 3 is 2.93 bits per heavy atom. The number of benzene rings is 1. The van der Waals surface area contributed by atoms with Gasteiger partial charge < -0.3 is 0 Å². The van der Waals surface area contributed by atoms with Gasteiger partial charge in [0.25, 0.3) is 0 Å². The standard InChI is InChI=1S/C12H17NS/c1-2-11-4-3-5-12(8-11)9-13-6-7-14-10-13/h3-5,8H,2,6-7,9-10H2,1H3. The molecule has 0 aliphatic carbocycles. The van der Waals surface area contributed by atoms with Crippen LogP contribution in [0.5, 0.6) is 0 Å². The van der Waals surface area contributed by atoms with E-state index in [1.165, 1.54) is 29.3 Å². The predicted octanol–water partition coefficient (Wildman–Crippen LogP) is 2.76. The molecule has 14 heavy (non-hydrogen) atoms. The second-order valence-electron chi connectivity index (χ2n) is 3.76. The third-order valence-electron chi connectivity index (χ3n) is 2.63. The van der Waals surface area contributed by atoms with Gasteiger partial charge in [0, 0.05) is 24.7 Å². The highest BCUT2D eigenvalue weighted by atomic mass is 32.2. The lowest BCUT2D eigenvalue weighted by atomic mass is 10.1. The first-order valence-corrected chi connectivity index (χ1v) is 6.42. The van der Waals surface area contributed by atoms with E-state index in [-0.39, 0.29) is 0 Å². The molecule has 1 aliphatic rings. The van der Waals surface area contributed by atoms with Crippen molar-refractivity contribution in [3.63, 3.8) is 0 Å². The molecule has 0 atom stereocenters. The Morgan fingerprint density at radius 2 is 2.21 bits per heavy atom. The monoisotopic (exact) mass is 207 g/mol. The Hall–Kier alpha value is -0.470. The average molecular weight is 207 g/mol. The first-order valence-electron chi connectivity index (χ1n) is 5.26. The molecule has 1 nitrogen and oxygen atoms in total. The van der Waals surface area contributed by atoms with Gasteiger partial charge in [0.2, 0.25) is 0 Å². The lowest BCUT2D eigenvalue weighted by molar-refractivity contribution is 0.349. The van der Waals surface area contributed by atoms with E-state index in [0.717, 1.165) is 13.0 Å². The molecule has 1 saturated heterocycles. The van der Waals surface area contributed by atoms with Crippen LogP contribution in [0.3, 0.4) is 0 Å². The van der Waals surface area contributed by atoms with Gasteiger partial charge in [-0.25, -0.2) is 0 Å². The Bertz CT molecular complexity index is 292. The molecule has 0 unspecified atom stereocenters. The van der Waals surface area contributed by atoms with E-state index in [1.54, 1.807) is 0 Å². The molecular formula is C12H17NS. The number of hydrogen-bond donors (Lipinski definition) is 0. The van der Waals surface area contributed by atoms with Crippen LogP contribution in [0.25, 0.3) is 0 Å². The van der Waals surface area contributed by atoms with Crippen LogP contribution in [-0.4, -0.2) is 23.1 Å². The zero-order chi connectivity index (χ0) is 9.80. The van der Waals surface area contributed by atoms with Gasteiger partial charge in [-0.15, -0.1) is 11.8 Å². The molecule has 0 amide bonds. The normalized spacial score (nSPS) is 17.5. The molecule has 1 aromatic carbocycles. The SMILES string of the molecule is CCc1cccc(CN2CCSC2)c1. The van der Waals surface area contributed by atoms with Gasteiger partial charge in [0.05, 0.1) is 0 Å².